The first-order chi connectivity index (χ1) is 16.0. The number of rotatable bonds is 3. The maximum absolute atomic E-state index is 12.4. The number of hydrazone groups is 1. The Kier molecular flexibility index (Phi) is 4.55. The van der Waals surface area contributed by atoms with E-state index in [0.717, 1.165) is 59.1 Å². The molecule has 0 spiro atoms. The second kappa shape index (κ2) is 7.49. The quantitative estimate of drug-likeness (QED) is 0.656. The number of aromatic nitrogens is 1. The van der Waals surface area contributed by atoms with Crippen molar-refractivity contribution in [1.29, 1.82) is 0 Å². The summed E-state index contributed by atoms with van der Waals surface area (Å²) in [4.78, 5) is 20.7. The van der Waals surface area contributed by atoms with Crippen molar-refractivity contribution >= 4 is 45.2 Å². The van der Waals surface area contributed by atoms with Crippen LogP contribution in [0.25, 0.3) is 27.4 Å². The molecule has 7 heteroatoms. The highest BCUT2D eigenvalue weighted by atomic mass is 16.1. The molecule has 2 aromatic carbocycles. The minimum absolute atomic E-state index is 0.233. The molecule has 168 valence electrons. The van der Waals surface area contributed by atoms with Gasteiger partial charge in [0.2, 0.25) is 0 Å². The Morgan fingerprint density at radius 3 is 2.70 bits per heavy atom. The summed E-state index contributed by atoms with van der Waals surface area (Å²) >= 11 is 0. The maximum atomic E-state index is 12.4. The molecule has 0 radical (unpaired) electrons. The molecule has 1 fully saturated rings. The molecule has 3 aromatic rings. The number of nitrogens with two attached hydrogens (primary N) is 1. The molecule has 33 heavy (non-hydrogen) atoms. The fraction of sp³-hybridized carbons (Fsp3) is 0.308. The number of H-pyrrole nitrogens is 1. The van der Waals surface area contributed by atoms with E-state index in [4.69, 9.17) is 5.73 Å². The van der Waals surface area contributed by atoms with Crippen molar-refractivity contribution in [3.8, 4) is 0 Å². The molecule has 7 nitrogen and oxygen atoms in total. The second-order valence-electron chi connectivity index (χ2n) is 9.34. The van der Waals surface area contributed by atoms with Gasteiger partial charge in [0.05, 0.1) is 17.1 Å². The summed E-state index contributed by atoms with van der Waals surface area (Å²) in [7, 11) is 4.15. The van der Waals surface area contributed by atoms with Gasteiger partial charge in [-0.3, -0.25) is 9.80 Å². The van der Waals surface area contributed by atoms with Crippen molar-refractivity contribution in [2.24, 2.45) is 16.8 Å². The molecule has 3 aliphatic rings. The molecule has 1 aliphatic carbocycles. The van der Waals surface area contributed by atoms with Gasteiger partial charge in [-0.05, 0) is 42.4 Å². The van der Waals surface area contributed by atoms with Gasteiger partial charge in [0.15, 0.2) is 0 Å². The van der Waals surface area contributed by atoms with Crippen LogP contribution < -0.4 is 10.6 Å². The number of fused-ring (bicyclic) bond motifs is 4. The van der Waals surface area contributed by atoms with Crippen molar-refractivity contribution in [3.63, 3.8) is 0 Å². The summed E-state index contributed by atoms with van der Waals surface area (Å²) < 4.78 is 0. The number of benzene rings is 2. The first-order valence-electron chi connectivity index (χ1n) is 11.5. The Labute approximate surface area is 192 Å². The van der Waals surface area contributed by atoms with E-state index in [1.807, 2.05) is 24.3 Å². The van der Waals surface area contributed by atoms with Gasteiger partial charge in [0, 0.05) is 67.3 Å². The van der Waals surface area contributed by atoms with Crippen LogP contribution in [0.3, 0.4) is 0 Å². The third kappa shape index (κ3) is 3.31. The molecular weight excluding hydrogens is 412 g/mol. The molecule has 0 bridgehead atoms. The Morgan fingerprint density at radius 1 is 1.09 bits per heavy atom. The zero-order valence-corrected chi connectivity index (χ0v) is 19.0. The molecule has 3 heterocycles. The van der Waals surface area contributed by atoms with E-state index in [0.29, 0.717) is 5.56 Å². The zero-order chi connectivity index (χ0) is 22.7. The third-order valence-corrected chi connectivity index (χ3v) is 7.25. The van der Waals surface area contributed by atoms with Crippen molar-refractivity contribution in [2.75, 3.05) is 45.2 Å². The van der Waals surface area contributed by atoms with E-state index in [1.165, 1.54) is 5.69 Å². The van der Waals surface area contributed by atoms with Crippen molar-refractivity contribution < 1.29 is 4.79 Å². The number of aromatic amines is 1. The number of carbonyl (C=O) groups is 1. The molecule has 3 N–H and O–H groups in total. The molecule has 0 saturated carbocycles. The molecule has 2 unspecified atom stereocenters. The highest BCUT2D eigenvalue weighted by molar-refractivity contribution is 6.16. The van der Waals surface area contributed by atoms with Gasteiger partial charge in [-0.25, -0.2) is 0 Å². The smallest absolute Gasteiger partial charge is 0.250 e. The van der Waals surface area contributed by atoms with E-state index in [2.05, 4.69) is 69.4 Å². The van der Waals surface area contributed by atoms with Gasteiger partial charge in [0.25, 0.3) is 5.91 Å². The average molecular weight is 441 g/mol. The molecule has 2 aliphatic heterocycles. The first-order valence-corrected chi connectivity index (χ1v) is 11.5. The lowest BCUT2D eigenvalue weighted by atomic mass is 9.88. The Balaban J connectivity index is 1.45. The minimum atomic E-state index is -0.423. The highest BCUT2D eigenvalue weighted by Gasteiger charge is 2.28. The van der Waals surface area contributed by atoms with E-state index < -0.39 is 5.91 Å². The number of anilines is 1. The maximum Gasteiger partial charge on any atom is 0.250 e. The molecule has 1 saturated heterocycles. The summed E-state index contributed by atoms with van der Waals surface area (Å²) in [5.74, 6) is -0.190. The normalized spacial score (nSPS) is 22.9. The van der Waals surface area contributed by atoms with Crippen LogP contribution in [0.2, 0.25) is 0 Å². The predicted octanol–water partition coefficient (Wildman–Crippen LogP) is 3.04. The lowest BCUT2D eigenvalue weighted by Gasteiger charge is -2.34. The fourth-order valence-corrected chi connectivity index (χ4v) is 5.27. The van der Waals surface area contributed by atoms with Crippen LogP contribution in [0.5, 0.6) is 0 Å². The van der Waals surface area contributed by atoms with E-state index in [-0.39, 0.29) is 12.0 Å². The number of amides is 1. The van der Waals surface area contributed by atoms with Crippen LogP contribution in [-0.2, 0) is 0 Å². The van der Waals surface area contributed by atoms with E-state index in [1.54, 1.807) is 0 Å². The first kappa shape index (κ1) is 20.1. The Bertz CT molecular complexity index is 1360. The van der Waals surface area contributed by atoms with Crippen LogP contribution in [0.4, 0.5) is 5.69 Å². The minimum Gasteiger partial charge on any atom is -0.369 e. The molecule has 1 amide bonds. The van der Waals surface area contributed by atoms with Crippen LogP contribution in [-0.4, -0.2) is 73.3 Å². The van der Waals surface area contributed by atoms with Gasteiger partial charge in [-0.2, -0.15) is 5.10 Å². The lowest BCUT2D eigenvalue weighted by molar-refractivity contribution is 0.100. The number of carbonyl (C=O) groups excluding carboxylic acids is 1. The van der Waals surface area contributed by atoms with Gasteiger partial charge < -0.3 is 20.5 Å². The number of hydrogen-bond donors (Lipinski definition) is 2. The van der Waals surface area contributed by atoms with Crippen molar-refractivity contribution in [2.45, 2.75) is 6.04 Å². The summed E-state index contributed by atoms with van der Waals surface area (Å²) in [6.45, 7) is 4.15. The van der Waals surface area contributed by atoms with Crippen LogP contribution in [0.1, 0.15) is 15.9 Å². The number of primary amides is 1. The molecule has 6 rings (SSSR count). The summed E-state index contributed by atoms with van der Waals surface area (Å²) in [6, 6.07) is 10.9. The topological polar surface area (TPSA) is 81.0 Å². The van der Waals surface area contributed by atoms with Crippen molar-refractivity contribution in [1.82, 2.24) is 14.9 Å². The van der Waals surface area contributed by atoms with Gasteiger partial charge in [-0.15, -0.1) is 0 Å². The van der Waals surface area contributed by atoms with Crippen LogP contribution in [0, 0.1) is 5.92 Å². The number of allylic oxidation sites excluding steroid dienone is 2. The number of likely N-dealkylation sites (N-methyl/N-ethyl adjacent to an activating group) is 2. The Hall–Kier alpha value is -3.58. The van der Waals surface area contributed by atoms with Crippen LogP contribution >= 0.6 is 0 Å². The fourth-order valence-electron chi connectivity index (χ4n) is 5.27. The number of piperazine rings is 1. The second-order valence-corrected chi connectivity index (χ2v) is 9.34. The number of nitrogens with one attached hydrogen (secondary N) is 1. The van der Waals surface area contributed by atoms with Gasteiger partial charge in [0.1, 0.15) is 0 Å². The van der Waals surface area contributed by atoms with Gasteiger partial charge in [-0.1, -0.05) is 24.3 Å². The number of nitrogens with zero attached hydrogens (tertiary/aromatic N) is 4. The molecular formula is C26H28N6O. The van der Waals surface area contributed by atoms with Gasteiger partial charge >= 0.3 is 0 Å². The molecule has 2 atom stereocenters. The lowest BCUT2D eigenvalue weighted by Crippen LogP contribution is -2.44. The van der Waals surface area contributed by atoms with E-state index >= 15 is 0 Å². The summed E-state index contributed by atoms with van der Waals surface area (Å²) in [5, 5.41) is 8.52. The summed E-state index contributed by atoms with van der Waals surface area (Å²) in [5.41, 5.74) is 11.5. The highest BCUT2D eigenvalue weighted by Crippen LogP contribution is 2.36. The third-order valence-electron chi connectivity index (χ3n) is 7.25. The molecule has 1 aromatic heterocycles. The summed E-state index contributed by atoms with van der Waals surface area (Å²) in [6.07, 6.45) is 8.51. The standard InChI is InChI=1S/C26H28N6O/c1-30-7-9-32(10-8-30)19-4-5-20-21-12-17(13-22(26(27)33)25(21)29-23(20)14-19)16-3-6-24-18(11-16)15-28-31(24)2/h3-6,11-15,18,24,29H,7-10H2,1-2H3,(H2,27,33). The monoisotopic (exact) mass is 440 g/mol. The van der Waals surface area contributed by atoms with E-state index in [9.17, 15) is 4.79 Å². The average Bonchev–Trinajstić information content (AvgIpc) is 3.38. The number of hydrogen-bond acceptors (Lipinski definition) is 5. The Morgan fingerprint density at radius 2 is 1.91 bits per heavy atom. The SMILES string of the molecule is CN1CCN(c2ccc3c(c2)[nH]c2c(C(N)=O)cc(C4=CC5C=NN(C)C5C=C4)cc23)CC1. The van der Waals surface area contributed by atoms with Crippen molar-refractivity contribution in [3.05, 3.63) is 59.7 Å². The van der Waals surface area contributed by atoms with Crippen LogP contribution in [0.15, 0.2) is 53.7 Å². The predicted molar refractivity (Wildman–Crippen MR) is 135 cm³/mol. The zero-order valence-electron chi connectivity index (χ0n) is 19.0. The largest absolute Gasteiger partial charge is 0.369 e.